The van der Waals surface area contributed by atoms with Gasteiger partial charge in [0.1, 0.15) is 17.4 Å². The molecule has 5 heteroatoms. The van der Waals surface area contributed by atoms with Gasteiger partial charge in [0, 0.05) is 38.0 Å². The minimum absolute atomic E-state index is 0.785. The highest BCUT2D eigenvalue weighted by atomic mass is 16.5. The van der Waals surface area contributed by atoms with Crippen molar-refractivity contribution < 1.29 is 4.74 Å². The molecule has 1 aliphatic rings. The number of benzene rings is 3. The first-order valence-electron chi connectivity index (χ1n) is 14.3. The quantitative estimate of drug-likeness (QED) is 0.217. The van der Waals surface area contributed by atoms with Crippen LogP contribution in [0.25, 0.3) is 21.7 Å². The summed E-state index contributed by atoms with van der Waals surface area (Å²) in [5.41, 5.74) is 2.29. The smallest absolute Gasteiger partial charge is 0.139 e. The Bertz CT molecular complexity index is 1340. The van der Waals surface area contributed by atoms with Gasteiger partial charge in [-0.1, -0.05) is 62.1 Å². The summed E-state index contributed by atoms with van der Waals surface area (Å²) in [6.45, 7) is 1.95. The highest BCUT2D eigenvalue weighted by Crippen LogP contribution is 2.32. The number of rotatable bonds is 11. The molecule has 4 aromatic rings. The third-order valence-corrected chi connectivity index (χ3v) is 8.18. The van der Waals surface area contributed by atoms with E-state index in [0.717, 1.165) is 59.6 Å². The second-order valence-electron chi connectivity index (χ2n) is 11.1. The number of methoxy groups -OCH3 is 1. The van der Waals surface area contributed by atoms with Gasteiger partial charge in [-0.15, -0.1) is 0 Å². The molecule has 0 spiro atoms. The highest BCUT2D eigenvalue weighted by molar-refractivity contribution is 5.89. The average Bonchev–Trinajstić information content (AvgIpc) is 2.95. The number of unbranched alkanes of at least 4 members (excludes halogenated alkanes) is 1. The van der Waals surface area contributed by atoms with Crippen molar-refractivity contribution in [3.05, 3.63) is 72.1 Å². The van der Waals surface area contributed by atoms with E-state index in [9.17, 15) is 0 Å². The maximum Gasteiger partial charge on any atom is 0.139 e. The fourth-order valence-corrected chi connectivity index (χ4v) is 6.01. The standard InChI is InChI=1S/C33H42N4O/c1-37(2)33-29-13-7-8-14-30(29)35-32(36-33)15-9-4-10-24-16-18-25(19-17-24)22-34-23-28-20-26-11-5-6-12-27(26)21-31(28)38-3/h5-8,11-14,20-21,24-25,34H,4,9-10,15-19,22-23H2,1-3H3. The van der Waals surface area contributed by atoms with Crippen molar-refractivity contribution >= 4 is 27.5 Å². The Hall–Kier alpha value is -3.18. The summed E-state index contributed by atoms with van der Waals surface area (Å²) in [5.74, 6) is 4.64. The van der Waals surface area contributed by atoms with Gasteiger partial charge in [-0.3, -0.25) is 0 Å². The van der Waals surface area contributed by atoms with Gasteiger partial charge in [-0.05, 0) is 72.7 Å². The summed E-state index contributed by atoms with van der Waals surface area (Å²) in [7, 11) is 5.89. The number of fused-ring (bicyclic) bond motifs is 2. The van der Waals surface area contributed by atoms with Crippen LogP contribution in [-0.4, -0.2) is 37.7 Å². The van der Waals surface area contributed by atoms with Gasteiger partial charge < -0.3 is 15.0 Å². The molecule has 0 amide bonds. The highest BCUT2D eigenvalue weighted by Gasteiger charge is 2.21. The maximum absolute atomic E-state index is 5.67. The predicted molar refractivity (Wildman–Crippen MR) is 159 cm³/mol. The molecule has 200 valence electrons. The lowest BCUT2D eigenvalue weighted by molar-refractivity contribution is 0.252. The van der Waals surface area contributed by atoms with E-state index in [-0.39, 0.29) is 0 Å². The van der Waals surface area contributed by atoms with E-state index in [1.54, 1.807) is 7.11 Å². The zero-order valence-electron chi connectivity index (χ0n) is 23.2. The van der Waals surface area contributed by atoms with Gasteiger partial charge in [-0.2, -0.15) is 0 Å². The molecule has 0 atom stereocenters. The SMILES string of the molecule is COc1cc2ccccc2cc1CNCC1CCC(CCCCc2nc(N(C)C)c3ccccc3n2)CC1. The number of nitrogens with zero attached hydrogens (tertiary/aromatic N) is 3. The molecule has 0 unspecified atom stereocenters. The molecular formula is C33H42N4O. The van der Waals surface area contributed by atoms with Crippen LogP contribution in [0.4, 0.5) is 5.82 Å². The summed E-state index contributed by atoms with van der Waals surface area (Å²) >= 11 is 0. The van der Waals surface area contributed by atoms with Gasteiger partial charge in [0.15, 0.2) is 0 Å². The first-order chi connectivity index (χ1) is 18.6. The molecule has 1 saturated carbocycles. The zero-order valence-corrected chi connectivity index (χ0v) is 23.2. The summed E-state index contributed by atoms with van der Waals surface area (Å²) in [4.78, 5) is 11.8. The van der Waals surface area contributed by atoms with Gasteiger partial charge in [0.2, 0.25) is 0 Å². The number of ether oxygens (including phenoxy) is 1. The van der Waals surface area contributed by atoms with Gasteiger partial charge in [0.05, 0.1) is 12.6 Å². The van der Waals surface area contributed by atoms with Crippen molar-refractivity contribution in [2.75, 3.05) is 32.6 Å². The lowest BCUT2D eigenvalue weighted by atomic mass is 9.79. The van der Waals surface area contributed by atoms with Crippen LogP contribution in [0, 0.1) is 11.8 Å². The molecule has 1 aromatic heterocycles. The molecule has 0 saturated heterocycles. The number of hydrogen-bond donors (Lipinski definition) is 1. The number of nitrogens with one attached hydrogen (secondary N) is 1. The Morgan fingerprint density at radius 3 is 2.34 bits per heavy atom. The molecule has 0 radical (unpaired) electrons. The minimum Gasteiger partial charge on any atom is -0.496 e. The second kappa shape index (κ2) is 12.6. The molecule has 1 aliphatic carbocycles. The molecule has 1 N–H and O–H groups in total. The van der Waals surface area contributed by atoms with Crippen LogP contribution in [0.15, 0.2) is 60.7 Å². The summed E-state index contributed by atoms with van der Waals surface area (Å²) < 4.78 is 5.67. The van der Waals surface area contributed by atoms with E-state index < -0.39 is 0 Å². The van der Waals surface area contributed by atoms with E-state index in [1.165, 1.54) is 61.3 Å². The van der Waals surface area contributed by atoms with Crippen LogP contribution in [0.1, 0.15) is 56.3 Å². The Morgan fingerprint density at radius 1 is 0.868 bits per heavy atom. The lowest BCUT2D eigenvalue weighted by Gasteiger charge is -2.29. The fourth-order valence-electron chi connectivity index (χ4n) is 6.01. The number of aromatic nitrogens is 2. The molecule has 3 aromatic carbocycles. The summed E-state index contributed by atoms with van der Waals surface area (Å²) in [5, 5.41) is 7.36. The third-order valence-electron chi connectivity index (χ3n) is 8.18. The summed E-state index contributed by atoms with van der Waals surface area (Å²) in [6.07, 6.45) is 10.1. The molecule has 38 heavy (non-hydrogen) atoms. The molecule has 5 nitrogen and oxygen atoms in total. The van der Waals surface area contributed by atoms with Crippen LogP contribution in [0.3, 0.4) is 0 Å². The van der Waals surface area contributed by atoms with E-state index in [4.69, 9.17) is 14.7 Å². The largest absolute Gasteiger partial charge is 0.496 e. The Balaban J connectivity index is 1.03. The molecule has 1 fully saturated rings. The van der Waals surface area contributed by atoms with Crippen molar-refractivity contribution in [2.24, 2.45) is 11.8 Å². The second-order valence-corrected chi connectivity index (χ2v) is 11.1. The minimum atomic E-state index is 0.785. The molecule has 0 aliphatic heterocycles. The molecule has 1 heterocycles. The van der Waals surface area contributed by atoms with Gasteiger partial charge >= 0.3 is 0 Å². The Morgan fingerprint density at radius 2 is 1.58 bits per heavy atom. The Labute approximate surface area is 227 Å². The van der Waals surface area contributed by atoms with Gasteiger partial charge in [0.25, 0.3) is 0 Å². The average molecular weight is 511 g/mol. The van der Waals surface area contributed by atoms with E-state index in [1.807, 2.05) is 0 Å². The number of aryl methyl sites for hydroxylation is 1. The normalized spacial score (nSPS) is 17.7. The van der Waals surface area contributed by atoms with Crippen molar-refractivity contribution in [1.82, 2.24) is 15.3 Å². The van der Waals surface area contributed by atoms with Gasteiger partial charge in [-0.25, -0.2) is 9.97 Å². The van der Waals surface area contributed by atoms with Crippen molar-refractivity contribution in [2.45, 2.75) is 57.9 Å². The fraction of sp³-hybridized carbons (Fsp3) is 0.455. The first-order valence-corrected chi connectivity index (χ1v) is 14.3. The lowest BCUT2D eigenvalue weighted by Crippen LogP contribution is -2.26. The topological polar surface area (TPSA) is 50.3 Å². The monoisotopic (exact) mass is 510 g/mol. The molecule has 0 bridgehead atoms. The summed E-state index contributed by atoms with van der Waals surface area (Å²) in [6, 6.07) is 21.3. The van der Waals surface area contributed by atoms with E-state index in [2.05, 4.69) is 85.0 Å². The van der Waals surface area contributed by atoms with Crippen LogP contribution in [0.5, 0.6) is 5.75 Å². The number of anilines is 1. The maximum atomic E-state index is 5.67. The predicted octanol–water partition coefficient (Wildman–Crippen LogP) is 7.17. The van der Waals surface area contributed by atoms with E-state index in [0.29, 0.717) is 0 Å². The van der Waals surface area contributed by atoms with Crippen LogP contribution in [0.2, 0.25) is 0 Å². The van der Waals surface area contributed by atoms with Crippen LogP contribution >= 0.6 is 0 Å². The number of hydrogen-bond acceptors (Lipinski definition) is 5. The van der Waals surface area contributed by atoms with Crippen molar-refractivity contribution in [3.63, 3.8) is 0 Å². The van der Waals surface area contributed by atoms with Crippen molar-refractivity contribution in [1.29, 1.82) is 0 Å². The van der Waals surface area contributed by atoms with Crippen molar-refractivity contribution in [3.8, 4) is 5.75 Å². The zero-order chi connectivity index (χ0) is 26.3. The van der Waals surface area contributed by atoms with Crippen LogP contribution in [-0.2, 0) is 13.0 Å². The van der Waals surface area contributed by atoms with Crippen LogP contribution < -0.4 is 15.0 Å². The molecular weight excluding hydrogens is 468 g/mol. The molecule has 5 rings (SSSR count). The third kappa shape index (κ3) is 6.44. The first kappa shape index (κ1) is 26.4. The number of para-hydroxylation sites is 1. The van der Waals surface area contributed by atoms with E-state index >= 15 is 0 Å². The Kier molecular flexibility index (Phi) is 8.75.